The number of hydrogen-bond acceptors (Lipinski definition) is 5. The number of nitrogens with one attached hydrogen (secondary N) is 1. The Morgan fingerprint density at radius 3 is 2.58 bits per heavy atom. The number of sulfone groups is 1. The van der Waals surface area contributed by atoms with Gasteiger partial charge in [-0.25, -0.2) is 17.9 Å². The van der Waals surface area contributed by atoms with Crippen LogP contribution in [-0.4, -0.2) is 42.4 Å². The number of hydrogen-bond donors (Lipinski definition) is 1. The zero-order valence-corrected chi connectivity index (χ0v) is 18.1. The van der Waals surface area contributed by atoms with Crippen LogP contribution >= 0.6 is 0 Å². The first kappa shape index (κ1) is 19.9. The second-order valence-corrected chi connectivity index (χ2v) is 9.96. The van der Waals surface area contributed by atoms with Crippen LogP contribution in [0.5, 0.6) is 0 Å². The molecule has 0 spiro atoms. The largest absolute Gasteiger partial charge is 0.317 e. The van der Waals surface area contributed by atoms with Gasteiger partial charge in [0.25, 0.3) is 0 Å². The smallest absolute Gasteiger partial charge is 0.183 e. The van der Waals surface area contributed by atoms with E-state index in [1.807, 2.05) is 42.6 Å². The minimum Gasteiger partial charge on any atom is -0.317 e. The number of piperidine rings is 1. The maximum atomic E-state index is 11.8. The first-order chi connectivity index (χ1) is 15.0. The molecule has 5 rings (SSSR count). The van der Waals surface area contributed by atoms with Crippen LogP contribution in [0.4, 0.5) is 0 Å². The summed E-state index contributed by atoms with van der Waals surface area (Å²) < 4.78 is 25.3. The van der Waals surface area contributed by atoms with Crippen molar-refractivity contribution in [3.8, 4) is 22.5 Å². The van der Waals surface area contributed by atoms with Crippen LogP contribution < -0.4 is 5.32 Å². The second kappa shape index (κ2) is 7.90. The van der Waals surface area contributed by atoms with Gasteiger partial charge < -0.3 is 5.32 Å². The normalized spacial score (nSPS) is 15.4. The third-order valence-corrected chi connectivity index (χ3v) is 6.98. The summed E-state index contributed by atoms with van der Waals surface area (Å²) in [4.78, 5) is 5.17. The molecule has 157 valence electrons. The van der Waals surface area contributed by atoms with Gasteiger partial charge in [-0.2, -0.15) is 0 Å². The summed E-state index contributed by atoms with van der Waals surface area (Å²) in [5.74, 6) is 1.14. The monoisotopic (exact) mass is 431 g/mol. The fourth-order valence-corrected chi connectivity index (χ4v) is 4.87. The quantitative estimate of drug-likeness (QED) is 0.533. The molecule has 0 saturated carbocycles. The lowest BCUT2D eigenvalue weighted by molar-refractivity contribution is 0.461. The molecule has 3 heterocycles. The molecule has 1 aliphatic heterocycles. The summed E-state index contributed by atoms with van der Waals surface area (Å²) in [6.45, 7) is 2.04. The van der Waals surface area contributed by atoms with Gasteiger partial charge in [-0.05, 0) is 73.3 Å². The van der Waals surface area contributed by atoms with Crippen molar-refractivity contribution in [2.45, 2.75) is 23.7 Å². The molecule has 0 aliphatic carbocycles. The third kappa shape index (κ3) is 3.86. The Morgan fingerprint density at radius 1 is 1.06 bits per heavy atom. The van der Waals surface area contributed by atoms with E-state index >= 15 is 0 Å². The molecule has 0 amide bonds. The number of fused-ring (bicyclic) bond motifs is 1. The van der Waals surface area contributed by atoms with Gasteiger partial charge in [0.05, 0.1) is 4.90 Å². The molecule has 2 aromatic carbocycles. The van der Waals surface area contributed by atoms with Crippen LogP contribution in [0.15, 0.2) is 65.7 Å². The van der Waals surface area contributed by atoms with Gasteiger partial charge in [-0.1, -0.05) is 30.3 Å². The zero-order valence-electron chi connectivity index (χ0n) is 17.2. The predicted molar refractivity (Wildman–Crippen MR) is 121 cm³/mol. The van der Waals surface area contributed by atoms with Gasteiger partial charge in [0.1, 0.15) is 0 Å². The van der Waals surface area contributed by atoms with Crippen LogP contribution in [0.2, 0.25) is 0 Å². The highest BCUT2D eigenvalue weighted by molar-refractivity contribution is 7.90. The molecule has 1 fully saturated rings. The van der Waals surface area contributed by atoms with Gasteiger partial charge in [-0.15, -0.1) is 5.10 Å². The van der Waals surface area contributed by atoms with Crippen LogP contribution in [-0.2, 0) is 9.84 Å². The zero-order chi connectivity index (χ0) is 21.4. The summed E-state index contributed by atoms with van der Waals surface area (Å²) in [5, 5.41) is 8.17. The van der Waals surface area contributed by atoms with Crippen LogP contribution in [0, 0.1) is 6.07 Å². The molecular formula is C24H23N4O2S. The first-order valence-electron chi connectivity index (χ1n) is 10.4. The van der Waals surface area contributed by atoms with Gasteiger partial charge in [-0.3, -0.25) is 0 Å². The van der Waals surface area contributed by atoms with Gasteiger partial charge in [0, 0.05) is 23.6 Å². The summed E-state index contributed by atoms with van der Waals surface area (Å²) >= 11 is 0. The van der Waals surface area contributed by atoms with Crippen molar-refractivity contribution in [3.05, 3.63) is 72.4 Å². The predicted octanol–water partition coefficient (Wildman–Crippen LogP) is 3.73. The van der Waals surface area contributed by atoms with E-state index in [9.17, 15) is 8.42 Å². The van der Waals surface area contributed by atoms with E-state index in [0.29, 0.717) is 16.6 Å². The Morgan fingerprint density at radius 2 is 1.84 bits per heavy atom. The Labute approximate surface area is 181 Å². The molecule has 2 aromatic heterocycles. The van der Waals surface area contributed by atoms with Crippen molar-refractivity contribution in [3.63, 3.8) is 0 Å². The van der Waals surface area contributed by atoms with Crippen molar-refractivity contribution < 1.29 is 8.42 Å². The van der Waals surface area contributed by atoms with Crippen molar-refractivity contribution in [1.82, 2.24) is 19.9 Å². The van der Waals surface area contributed by atoms with E-state index in [-0.39, 0.29) is 0 Å². The second-order valence-electron chi connectivity index (χ2n) is 7.95. The van der Waals surface area contributed by atoms with Gasteiger partial charge in [0.15, 0.2) is 21.3 Å². The van der Waals surface area contributed by atoms with Crippen LogP contribution in [0.25, 0.3) is 28.2 Å². The Kier molecular flexibility index (Phi) is 5.08. The maximum absolute atomic E-state index is 11.8. The van der Waals surface area contributed by atoms with E-state index in [2.05, 4.69) is 17.4 Å². The highest BCUT2D eigenvalue weighted by atomic mass is 32.2. The molecule has 0 bridgehead atoms. The highest BCUT2D eigenvalue weighted by Gasteiger charge is 2.21. The SMILES string of the molecule is CS(=O)(=O)c1ccc(-c2cccn3nc(-c4[c]cccc4C4CCNCC4)nc23)cc1. The number of pyridine rings is 1. The van der Waals surface area contributed by atoms with Crippen LogP contribution in [0.3, 0.4) is 0 Å². The maximum Gasteiger partial charge on any atom is 0.183 e. The topological polar surface area (TPSA) is 76.4 Å². The summed E-state index contributed by atoms with van der Waals surface area (Å²) in [7, 11) is -3.23. The summed E-state index contributed by atoms with van der Waals surface area (Å²) in [6.07, 6.45) is 5.28. The Balaban J connectivity index is 1.59. The number of nitrogens with zero attached hydrogens (tertiary/aromatic N) is 3. The lowest BCUT2D eigenvalue weighted by Crippen LogP contribution is -2.26. The molecule has 0 atom stereocenters. The molecular weight excluding hydrogens is 408 g/mol. The first-order valence-corrected chi connectivity index (χ1v) is 12.3. The van der Waals surface area contributed by atoms with Crippen molar-refractivity contribution >= 4 is 15.5 Å². The molecule has 31 heavy (non-hydrogen) atoms. The molecule has 1 radical (unpaired) electrons. The molecule has 6 nitrogen and oxygen atoms in total. The number of rotatable bonds is 4. The molecule has 1 N–H and O–H groups in total. The number of benzene rings is 2. The lowest BCUT2D eigenvalue weighted by atomic mass is 9.87. The molecule has 4 aromatic rings. The van der Waals surface area contributed by atoms with E-state index in [0.717, 1.165) is 48.3 Å². The van der Waals surface area contributed by atoms with E-state index in [1.165, 1.54) is 11.8 Å². The molecule has 1 saturated heterocycles. The third-order valence-electron chi connectivity index (χ3n) is 5.85. The lowest BCUT2D eigenvalue weighted by Gasteiger charge is -2.24. The average molecular weight is 432 g/mol. The highest BCUT2D eigenvalue weighted by Crippen LogP contribution is 2.33. The minimum atomic E-state index is -3.23. The van der Waals surface area contributed by atoms with Crippen molar-refractivity contribution in [2.24, 2.45) is 0 Å². The Bertz CT molecular complexity index is 1340. The van der Waals surface area contributed by atoms with E-state index in [4.69, 9.17) is 10.1 Å². The van der Waals surface area contributed by atoms with Crippen molar-refractivity contribution in [1.29, 1.82) is 0 Å². The molecule has 0 unspecified atom stereocenters. The molecule has 7 heteroatoms. The minimum absolute atomic E-state index is 0.302. The van der Waals surface area contributed by atoms with Gasteiger partial charge in [0.2, 0.25) is 0 Å². The fourth-order valence-electron chi connectivity index (χ4n) is 4.24. The fraction of sp³-hybridized carbons (Fsp3) is 0.250. The van der Waals surface area contributed by atoms with E-state index < -0.39 is 9.84 Å². The van der Waals surface area contributed by atoms with Crippen molar-refractivity contribution in [2.75, 3.05) is 19.3 Å². The van der Waals surface area contributed by atoms with E-state index in [1.54, 1.807) is 16.6 Å². The summed E-state index contributed by atoms with van der Waals surface area (Å²) in [5.41, 5.74) is 4.74. The standard InChI is InChI=1S/C24H23N4O2S/c1-31(29,30)19-10-8-17(9-11-19)21-7-4-16-28-24(21)26-23(27-28)22-6-3-2-5-20(22)18-12-14-25-15-13-18/h2-5,7-11,16,18,25H,12-15H2,1H3. The average Bonchev–Trinajstić information content (AvgIpc) is 3.23. The van der Waals surface area contributed by atoms with Gasteiger partial charge >= 0.3 is 0 Å². The Hall–Kier alpha value is -3.03. The van der Waals surface area contributed by atoms with Crippen LogP contribution in [0.1, 0.15) is 24.3 Å². The molecule has 1 aliphatic rings. The summed E-state index contributed by atoms with van der Waals surface area (Å²) in [6, 6.07) is 20.3. The number of aromatic nitrogens is 3.